The van der Waals surface area contributed by atoms with Crippen molar-refractivity contribution in [1.82, 2.24) is 15.1 Å². The van der Waals surface area contributed by atoms with E-state index in [4.69, 9.17) is 5.11 Å². The van der Waals surface area contributed by atoms with E-state index in [1.165, 1.54) is 6.20 Å². The molecule has 0 aromatic carbocycles. The molecule has 0 spiro atoms. The normalized spacial score (nSPS) is 22.8. The second kappa shape index (κ2) is 5.26. The molecule has 0 aliphatic heterocycles. The van der Waals surface area contributed by atoms with Crippen molar-refractivity contribution in [2.45, 2.75) is 51.6 Å². The summed E-state index contributed by atoms with van der Waals surface area (Å²) in [6.07, 6.45) is 5.40. The molecule has 0 saturated heterocycles. The number of carbonyl (C=O) groups excluding carboxylic acids is 1. The van der Waals surface area contributed by atoms with Crippen molar-refractivity contribution >= 4 is 11.9 Å². The van der Waals surface area contributed by atoms with Crippen LogP contribution in [0.25, 0.3) is 0 Å². The van der Waals surface area contributed by atoms with E-state index in [2.05, 4.69) is 10.4 Å². The summed E-state index contributed by atoms with van der Waals surface area (Å²) in [5, 5.41) is 16.1. The summed E-state index contributed by atoms with van der Waals surface area (Å²) in [5.41, 5.74) is 0.283. The van der Waals surface area contributed by atoms with Gasteiger partial charge in [0, 0.05) is 12.2 Å². The summed E-state index contributed by atoms with van der Waals surface area (Å²) in [6, 6.07) is -0.280. The van der Waals surface area contributed by atoms with Crippen molar-refractivity contribution in [2.24, 2.45) is 5.92 Å². The minimum Gasteiger partial charge on any atom is -0.481 e. The molecule has 110 valence electrons. The van der Waals surface area contributed by atoms with Crippen LogP contribution in [0.5, 0.6) is 0 Å². The molecule has 1 aliphatic rings. The molecule has 1 heterocycles. The third-order valence-electron chi connectivity index (χ3n) is 3.68. The first-order valence-corrected chi connectivity index (χ1v) is 6.88. The number of amides is 1. The Kier molecular flexibility index (Phi) is 3.83. The quantitative estimate of drug-likeness (QED) is 0.880. The highest BCUT2D eigenvalue weighted by molar-refractivity contribution is 5.94. The maximum absolute atomic E-state index is 12.2. The Hall–Kier alpha value is -1.85. The van der Waals surface area contributed by atoms with E-state index in [9.17, 15) is 9.59 Å². The maximum atomic E-state index is 12.2. The minimum absolute atomic E-state index is 0.185. The van der Waals surface area contributed by atoms with Gasteiger partial charge in [0.05, 0.1) is 23.2 Å². The molecule has 0 bridgehead atoms. The largest absolute Gasteiger partial charge is 0.481 e. The van der Waals surface area contributed by atoms with Crippen LogP contribution in [0.1, 0.15) is 50.4 Å². The number of aromatic nitrogens is 2. The van der Waals surface area contributed by atoms with E-state index < -0.39 is 11.9 Å². The molecule has 6 nitrogen and oxygen atoms in total. The highest BCUT2D eigenvalue weighted by Crippen LogP contribution is 2.26. The molecule has 6 heteroatoms. The summed E-state index contributed by atoms with van der Waals surface area (Å²) >= 11 is 0. The van der Waals surface area contributed by atoms with E-state index in [0.29, 0.717) is 12.0 Å². The number of rotatable bonds is 3. The molecule has 1 fully saturated rings. The van der Waals surface area contributed by atoms with Crippen LogP contribution in [-0.4, -0.2) is 32.8 Å². The van der Waals surface area contributed by atoms with Crippen LogP contribution in [0.3, 0.4) is 0 Å². The van der Waals surface area contributed by atoms with Crippen molar-refractivity contribution in [3.05, 3.63) is 18.0 Å². The second-order valence-electron chi connectivity index (χ2n) is 6.30. The SMILES string of the molecule is CC(C)(C)n1cc(C(=O)N[C@@H]2CCC[C@@H]2C(=O)O)cn1. The molecular weight excluding hydrogens is 258 g/mol. The van der Waals surface area contributed by atoms with E-state index in [1.54, 1.807) is 10.9 Å². The summed E-state index contributed by atoms with van der Waals surface area (Å²) in [6.45, 7) is 6.00. The Balaban J connectivity index is 2.05. The minimum atomic E-state index is -0.835. The lowest BCUT2D eigenvalue weighted by Crippen LogP contribution is -2.40. The molecular formula is C14H21N3O3. The zero-order valence-corrected chi connectivity index (χ0v) is 12.1. The number of nitrogens with zero attached hydrogens (tertiary/aromatic N) is 2. The zero-order chi connectivity index (χ0) is 14.9. The summed E-state index contributed by atoms with van der Waals surface area (Å²) in [7, 11) is 0. The van der Waals surface area contributed by atoms with Crippen molar-refractivity contribution < 1.29 is 14.7 Å². The summed E-state index contributed by atoms with van der Waals surface area (Å²) in [5.74, 6) is -1.56. The average molecular weight is 279 g/mol. The van der Waals surface area contributed by atoms with Gasteiger partial charge in [-0.3, -0.25) is 14.3 Å². The van der Waals surface area contributed by atoms with Gasteiger partial charge in [-0.1, -0.05) is 6.42 Å². The number of hydrogen-bond donors (Lipinski definition) is 2. The fourth-order valence-corrected chi connectivity index (χ4v) is 2.49. The Morgan fingerprint density at radius 1 is 1.40 bits per heavy atom. The van der Waals surface area contributed by atoms with Gasteiger partial charge in [-0.25, -0.2) is 0 Å². The van der Waals surface area contributed by atoms with E-state index in [1.807, 2.05) is 20.8 Å². The van der Waals surface area contributed by atoms with Gasteiger partial charge in [0.2, 0.25) is 0 Å². The van der Waals surface area contributed by atoms with E-state index >= 15 is 0 Å². The molecule has 20 heavy (non-hydrogen) atoms. The standard InChI is InChI=1S/C14H21N3O3/c1-14(2,3)17-8-9(7-15-17)12(18)16-11-6-4-5-10(11)13(19)20/h7-8,10-11H,4-6H2,1-3H3,(H,16,18)(H,19,20)/t10-,11+/m0/s1. The van der Waals surface area contributed by atoms with Gasteiger partial charge in [-0.15, -0.1) is 0 Å². The van der Waals surface area contributed by atoms with Gasteiger partial charge in [-0.05, 0) is 33.6 Å². The molecule has 2 atom stereocenters. The average Bonchev–Trinajstić information content (AvgIpc) is 2.95. The predicted molar refractivity (Wildman–Crippen MR) is 73.5 cm³/mol. The van der Waals surface area contributed by atoms with Crippen molar-refractivity contribution in [3.8, 4) is 0 Å². The summed E-state index contributed by atoms with van der Waals surface area (Å²) < 4.78 is 1.73. The van der Waals surface area contributed by atoms with Gasteiger partial charge >= 0.3 is 5.97 Å². The number of hydrogen-bond acceptors (Lipinski definition) is 3. The van der Waals surface area contributed by atoms with Crippen LogP contribution in [0.4, 0.5) is 0 Å². The topological polar surface area (TPSA) is 84.2 Å². The molecule has 1 aromatic heterocycles. The highest BCUT2D eigenvalue weighted by atomic mass is 16.4. The fraction of sp³-hybridized carbons (Fsp3) is 0.643. The first-order valence-electron chi connectivity index (χ1n) is 6.88. The molecule has 1 amide bonds. The molecule has 0 radical (unpaired) electrons. The summed E-state index contributed by atoms with van der Waals surface area (Å²) in [4.78, 5) is 23.2. The van der Waals surface area contributed by atoms with Crippen LogP contribution < -0.4 is 5.32 Å². The maximum Gasteiger partial charge on any atom is 0.308 e. The van der Waals surface area contributed by atoms with E-state index in [-0.39, 0.29) is 17.5 Å². The Labute approximate surface area is 118 Å². The Bertz CT molecular complexity index is 516. The molecule has 1 aliphatic carbocycles. The predicted octanol–water partition coefficient (Wildman–Crippen LogP) is 1.62. The van der Waals surface area contributed by atoms with Crippen LogP contribution in [0.15, 0.2) is 12.4 Å². The van der Waals surface area contributed by atoms with Crippen LogP contribution in [0.2, 0.25) is 0 Å². The van der Waals surface area contributed by atoms with Crippen LogP contribution in [0, 0.1) is 5.92 Å². The van der Waals surface area contributed by atoms with Crippen molar-refractivity contribution in [1.29, 1.82) is 0 Å². The fourth-order valence-electron chi connectivity index (χ4n) is 2.49. The third kappa shape index (κ3) is 3.00. The smallest absolute Gasteiger partial charge is 0.308 e. The van der Waals surface area contributed by atoms with Crippen LogP contribution >= 0.6 is 0 Å². The van der Waals surface area contributed by atoms with E-state index in [0.717, 1.165) is 12.8 Å². The lowest BCUT2D eigenvalue weighted by Gasteiger charge is -2.19. The molecule has 1 aromatic rings. The Morgan fingerprint density at radius 2 is 2.10 bits per heavy atom. The molecule has 0 unspecified atom stereocenters. The molecule has 1 saturated carbocycles. The lowest BCUT2D eigenvalue weighted by atomic mass is 10.0. The van der Waals surface area contributed by atoms with Crippen molar-refractivity contribution in [3.63, 3.8) is 0 Å². The second-order valence-corrected chi connectivity index (χ2v) is 6.30. The van der Waals surface area contributed by atoms with Gasteiger partial charge in [0.15, 0.2) is 0 Å². The monoisotopic (exact) mass is 279 g/mol. The van der Waals surface area contributed by atoms with Crippen molar-refractivity contribution in [2.75, 3.05) is 0 Å². The van der Waals surface area contributed by atoms with Crippen LogP contribution in [-0.2, 0) is 10.3 Å². The molecule has 2 N–H and O–H groups in total. The van der Waals surface area contributed by atoms with Gasteiger partial charge in [0.25, 0.3) is 5.91 Å². The first-order chi connectivity index (χ1) is 9.29. The Morgan fingerprint density at radius 3 is 2.65 bits per heavy atom. The number of aliphatic carboxylic acids is 1. The van der Waals surface area contributed by atoms with Gasteiger partial charge < -0.3 is 10.4 Å². The number of carboxylic acids is 1. The highest BCUT2D eigenvalue weighted by Gasteiger charge is 2.34. The van der Waals surface area contributed by atoms with Gasteiger partial charge in [0.1, 0.15) is 0 Å². The number of nitrogens with one attached hydrogen (secondary N) is 1. The first kappa shape index (κ1) is 14.6. The number of carboxylic acid groups (broad SMARTS) is 1. The van der Waals surface area contributed by atoms with Gasteiger partial charge in [-0.2, -0.15) is 5.10 Å². The third-order valence-corrected chi connectivity index (χ3v) is 3.68. The molecule has 2 rings (SSSR count). The lowest BCUT2D eigenvalue weighted by molar-refractivity contribution is -0.142. The zero-order valence-electron chi connectivity index (χ0n) is 12.1. The number of carbonyl (C=O) groups is 2.